The first kappa shape index (κ1) is 17.1. The molecule has 1 aromatic heterocycles. The Hall–Kier alpha value is -2.37. The van der Waals surface area contributed by atoms with E-state index in [1.165, 1.54) is 12.1 Å². The van der Waals surface area contributed by atoms with Crippen molar-refractivity contribution >= 4 is 28.4 Å². The summed E-state index contributed by atoms with van der Waals surface area (Å²) < 4.78 is 13.0. The summed E-state index contributed by atoms with van der Waals surface area (Å²) >= 11 is 6.01. The van der Waals surface area contributed by atoms with E-state index in [4.69, 9.17) is 11.6 Å². The van der Waals surface area contributed by atoms with Crippen molar-refractivity contribution < 1.29 is 9.18 Å². The number of hydrogen-bond donors (Lipinski definition) is 1. The highest BCUT2D eigenvalue weighted by atomic mass is 35.5. The lowest BCUT2D eigenvalue weighted by Gasteiger charge is -2.34. The highest BCUT2D eigenvalue weighted by Crippen LogP contribution is 2.21. The van der Waals surface area contributed by atoms with Crippen molar-refractivity contribution in [2.75, 3.05) is 26.2 Å². The number of carbonyl (C=O) groups is 1. The topological polar surface area (TPSA) is 39.3 Å². The molecule has 1 aliphatic rings. The molecule has 26 heavy (non-hydrogen) atoms. The molecule has 4 rings (SSSR count). The van der Waals surface area contributed by atoms with Gasteiger partial charge in [-0.2, -0.15) is 0 Å². The number of fused-ring (bicyclic) bond motifs is 1. The van der Waals surface area contributed by atoms with Gasteiger partial charge in [-0.15, -0.1) is 0 Å². The average Bonchev–Trinajstić information content (AvgIpc) is 3.07. The fourth-order valence-corrected chi connectivity index (χ4v) is 3.53. The number of benzene rings is 2. The van der Waals surface area contributed by atoms with Crippen LogP contribution in [0.4, 0.5) is 4.39 Å². The van der Waals surface area contributed by atoms with Crippen molar-refractivity contribution in [1.29, 1.82) is 0 Å². The van der Waals surface area contributed by atoms with Gasteiger partial charge in [0.05, 0.1) is 0 Å². The van der Waals surface area contributed by atoms with Crippen LogP contribution in [0.25, 0.3) is 10.9 Å². The zero-order valence-electron chi connectivity index (χ0n) is 14.2. The van der Waals surface area contributed by atoms with Crippen LogP contribution in [0, 0.1) is 5.82 Å². The van der Waals surface area contributed by atoms with Crippen molar-refractivity contribution in [3.63, 3.8) is 0 Å². The molecule has 2 aromatic carbocycles. The second-order valence-electron chi connectivity index (χ2n) is 6.61. The molecular weight excluding hydrogens is 353 g/mol. The van der Waals surface area contributed by atoms with Crippen LogP contribution < -0.4 is 0 Å². The van der Waals surface area contributed by atoms with Crippen molar-refractivity contribution in [2.45, 2.75) is 6.54 Å². The van der Waals surface area contributed by atoms with Gasteiger partial charge in [0.15, 0.2) is 0 Å². The number of aromatic nitrogens is 1. The van der Waals surface area contributed by atoms with E-state index in [0.717, 1.165) is 36.1 Å². The maximum atomic E-state index is 13.0. The van der Waals surface area contributed by atoms with Gasteiger partial charge in [-0.1, -0.05) is 23.7 Å². The van der Waals surface area contributed by atoms with Crippen LogP contribution in [0.5, 0.6) is 0 Å². The first-order valence-electron chi connectivity index (χ1n) is 8.63. The van der Waals surface area contributed by atoms with E-state index < -0.39 is 0 Å². The Labute approximate surface area is 156 Å². The van der Waals surface area contributed by atoms with E-state index in [1.807, 2.05) is 41.3 Å². The van der Waals surface area contributed by atoms with Crippen LogP contribution in [0.2, 0.25) is 5.02 Å². The van der Waals surface area contributed by atoms with Crippen molar-refractivity contribution in [3.05, 3.63) is 70.6 Å². The minimum atomic E-state index is -0.219. The second kappa shape index (κ2) is 7.09. The monoisotopic (exact) mass is 371 g/mol. The normalized spacial score (nSPS) is 15.5. The fraction of sp³-hybridized carbons (Fsp3) is 0.250. The zero-order chi connectivity index (χ0) is 18.1. The standard InChI is InChI=1S/C20H19ClFN3O/c21-16-3-6-18-15(11-16)12-19(23-18)20(26)25-9-7-24(8-10-25)13-14-1-4-17(22)5-2-14/h1-6,11-12,23H,7-10,13H2. The van der Waals surface area contributed by atoms with Gasteiger partial charge in [-0.3, -0.25) is 9.69 Å². The number of halogens is 2. The quantitative estimate of drug-likeness (QED) is 0.758. The Bertz CT molecular complexity index is 930. The molecular formula is C20H19ClFN3O. The predicted molar refractivity (Wildman–Crippen MR) is 101 cm³/mol. The highest BCUT2D eigenvalue weighted by Gasteiger charge is 2.23. The lowest BCUT2D eigenvalue weighted by molar-refractivity contribution is 0.0623. The molecule has 0 saturated carbocycles. The van der Waals surface area contributed by atoms with Crippen LogP contribution >= 0.6 is 11.6 Å². The van der Waals surface area contributed by atoms with Crippen molar-refractivity contribution in [3.8, 4) is 0 Å². The molecule has 1 fully saturated rings. The van der Waals surface area contributed by atoms with E-state index in [2.05, 4.69) is 9.88 Å². The number of nitrogens with zero attached hydrogens (tertiary/aromatic N) is 2. The molecule has 3 aromatic rings. The average molecular weight is 372 g/mol. The number of carbonyl (C=O) groups excluding carboxylic acids is 1. The third kappa shape index (κ3) is 3.59. The molecule has 4 nitrogen and oxygen atoms in total. The van der Waals surface area contributed by atoms with Gasteiger partial charge in [0.2, 0.25) is 0 Å². The molecule has 2 heterocycles. The number of H-pyrrole nitrogens is 1. The first-order valence-corrected chi connectivity index (χ1v) is 9.01. The molecule has 1 saturated heterocycles. The number of amides is 1. The summed E-state index contributed by atoms with van der Waals surface area (Å²) in [5.74, 6) is -0.206. The third-order valence-electron chi connectivity index (χ3n) is 4.79. The Kier molecular flexibility index (Phi) is 4.66. The van der Waals surface area contributed by atoms with Gasteiger partial charge >= 0.3 is 0 Å². The van der Waals surface area contributed by atoms with E-state index in [1.54, 1.807) is 0 Å². The molecule has 0 unspecified atom stereocenters. The van der Waals surface area contributed by atoms with E-state index in [-0.39, 0.29) is 11.7 Å². The molecule has 0 bridgehead atoms. The predicted octanol–water partition coefficient (Wildman–Crippen LogP) is 3.92. The SMILES string of the molecule is O=C(c1cc2cc(Cl)ccc2[nH]1)N1CCN(Cc2ccc(F)cc2)CC1. The Balaban J connectivity index is 1.38. The zero-order valence-corrected chi connectivity index (χ0v) is 15.0. The van der Waals surface area contributed by atoms with Crippen LogP contribution in [-0.4, -0.2) is 46.9 Å². The molecule has 6 heteroatoms. The Morgan fingerprint density at radius 3 is 2.50 bits per heavy atom. The fourth-order valence-electron chi connectivity index (χ4n) is 3.35. The molecule has 134 valence electrons. The van der Waals surface area contributed by atoms with Gasteiger partial charge in [0, 0.05) is 48.6 Å². The summed E-state index contributed by atoms with van der Waals surface area (Å²) in [4.78, 5) is 20.1. The van der Waals surface area contributed by atoms with E-state index in [9.17, 15) is 9.18 Å². The molecule has 0 spiro atoms. The molecule has 1 aliphatic heterocycles. The van der Waals surface area contributed by atoms with Gasteiger partial charge < -0.3 is 9.88 Å². The first-order chi connectivity index (χ1) is 12.6. The maximum Gasteiger partial charge on any atom is 0.270 e. The number of aromatic amines is 1. The van der Waals surface area contributed by atoms with Crippen molar-refractivity contribution in [2.24, 2.45) is 0 Å². The molecule has 1 amide bonds. The van der Waals surface area contributed by atoms with Gasteiger partial charge in [0.1, 0.15) is 11.5 Å². The summed E-state index contributed by atoms with van der Waals surface area (Å²) in [5, 5.41) is 1.60. The van der Waals surface area contributed by atoms with Crippen LogP contribution in [0.1, 0.15) is 16.1 Å². The molecule has 0 aliphatic carbocycles. The number of piperazine rings is 1. The highest BCUT2D eigenvalue weighted by molar-refractivity contribution is 6.31. The number of rotatable bonds is 3. The van der Waals surface area contributed by atoms with Gasteiger partial charge in [-0.05, 0) is 42.0 Å². The van der Waals surface area contributed by atoms with Crippen LogP contribution in [-0.2, 0) is 6.54 Å². The summed E-state index contributed by atoms with van der Waals surface area (Å²) in [5.41, 5.74) is 2.58. The minimum absolute atomic E-state index is 0.0127. The van der Waals surface area contributed by atoms with E-state index >= 15 is 0 Å². The second-order valence-corrected chi connectivity index (χ2v) is 7.05. The molecule has 0 radical (unpaired) electrons. The number of nitrogens with one attached hydrogen (secondary N) is 1. The summed E-state index contributed by atoms with van der Waals surface area (Å²) in [6.45, 7) is 3.73. The molecule has 1 N–H and O–H groups in total. The Morgan fingerprint density at radius 1 is 1.04 bits per heavy atom. The van der Waals surface area contributed by atoms with Crippen molar-refractivity contribution in [1.82, 2.24) is 14.8 Å². The maximum absolute atomic E-state index is 13.0. The summed E-state index contributed by atoms with van der Waals surface area (Å²) in [6.07, 6.45) is 0. The van der Waals surface area contributed by atoms with Crippen LogP contribution in [0.15, 0.2) is 48.5 Å². The summed E-state index contributed by atoms with van der Waals surface area (Å²) in [7, 11) is 0. The molecule has 0 atom stereocenters. The summed E-state index contributed by atoms with van der Waals surface area (Å²) in [6, 6.07) is 14.0. The smallest absolute Gasteiger partial charge is 0.270 e. The minimum Gasteiger partial charge on any atom is -0.351 e. The van der Waals surface area contributed by atoms with Gasteiger partial charge in [0.25, 0.3) is 5.91 Å². The lowest BCUT2D eigenvalue weighted by atomic mass is 10.2. The van der Waals surface area contributed by atoms with Crippen LogP contribution in [0.3, 0.4) is 0 Å². The van der Waals surface area contributed by atoms with Gasteiger partial charge in [-0.25, -0.2) is 4.39 Å². The number of hydrogen-bond acceptors (Lipinski definition) is 2. The van der Waals surface area contributed by atoms with E-state index in [0.29, 0.717) is 23.8 Å². The largest absolute Gasteiger partial charge is 0.351 e. The lowest BCUT2D eigenvalue weighted by Crippen LogP contribution is -2.48. The third-order valence-corrected chi connectivity index (χ3v) is 5.03. The Morgan fingerprint density at radius 2 is 1.77 bits per heavy atom.